The van der Waals surface area contributed by atoms with Gasteiger partial charge >= 0.3 is 0 Å². The van der Waals surface area contributed by atoms with Gasteiger partial charge in [-0.2, -0.15) is 0 Å². The van der Waals surface area contributed by atoms with Gasteiger partial charge in [0, 0.05) is 13.1 Å². The summed E-state index contributed by atoms with van der Waals surface area (Å²) in [5.41, 5.74) is 0.855. The van der Waals surface area contributed by atoms with E-state index in [4.69, 9.17) is 0 Å². The van der Waals surface area contributed by atoms with Gasteiger partial charge in [0.25, 0.3) is 0 Å². The zero-order valence-electron chi connectivity index (χ0n) is 10.1. The quantitative estimate of drug-likeness (QED) is 0.827. The van der Waals surface area contributed by atoms with Gasteiger partial charge in [0.05, 0.1) is 5.41 Å². The molecule has 2 atom stereocenters. The lowest BCUT2D eigenvalue weighted by Crippen LogP contribution is -2.47. The maximum absolute atomic E-state index is 11.2. The number of aliphatic imine (C=N–C) groups is 1. The van der Waals surface area contributed by atoms with Crippen LogP contribution in [0.15, 0.2) is 47.5 Å². The molecular weight excluding hydrogens is 212 g/mol. The minimum absolute atomic E-state index is 0.0652. The zero-order chi connectivity index (χ0) is 12.3. The van der Waals surface area contributed by atoms with Gasteiger partial charge in [-0.15, -0.1) is 0 Å². The number of amides is 1. The standard InChI is InChI=1S/C14H16N2O/c1-11(17)16-13-14(2,9-6-10-15-13)12-7-4-3-5-8-12/h3-10,13H,1-2H3,(H,16,17). The summed E-state index contributed by atoms with van der Waals surface area (Å²) in [6.07, 6.45) is 5.49. The van der Waals surface area contributed by atoms with Crippen LogP contribution in [-0.4, -0.2) is 18.3 Å². The lowest BCUT2D eigenvalue weighted by molar-refractivity contribution is -0.119. The van der Waals surface area contributed by atoms with Gasteiger partial charge in [-0.1, -0.05) is 36.4 Å². The van der Waals surface area contributed by atoms with Crippen molar-refractivity contribution in [1.82, 2.24) is 5.32 Å². The van der Waals surface area contributed by atoms with Crippen molar-refractivity contribution < 1.29 is 4.79 Å². The number of dihydropyridines is 1. The van der Waals surface area contributed by atoms with Crippen LogP contribution in [0.25, 0.3) is 0 Å². The van der Waals surface area contributed by atoms with E-state index in [0.717, 1.165) is 5.56 Å². The fourth-order valence-electron chi connectivity index (χ4n) is 2.06. The Morgan fingerprint density at radius 3 is 2.71 bits per heavy atom. The molecule has 0 saturated heterocycles. The molecule has 0 saturated carbocycles. The Morgan fingerprint density at radius 1 is 1.35 bits per heavy atom. The second-order valence-corrected chi connectivity index (χ2v) is 4.41. The molecule has 2 unspecified atom stereocenters. The number of carbonyl (C=O) groups excluding carboxylic acids is 1. The lowest BCUT2D eigenvalue weighted by atomic mass is 9.78. The van der Waals surface area contributed by atoms with Gasteiger partial charge in [-0.25, -0.2) is 0 Å². The molecule has 0 fully saturated rings. The first-order valence-corrected chi connectivity index (χ1v) is 5.66. The van der Waals surface area contributed by atoms with E-state index in [9.17, 15) is 4.79 Å². The van der Waals surface area contributed by atoms with E-state index in [1.165, 1.54) is 6.92 Å². The SMILES string of the molecule is CC(=O)NC1N=CC=CC1(C)c1ccccc1. The third kappa shape index (κ3) is 2.28. The predicted molar refractivity (Wildman–Crippen MR) is 69.0 cm³/mol. The number of rotatable bonds is 2. The second-order valence-electron chi connectivity index (χ2n) is 4.41. The molecule has 88 valence electrons. The first kappa shape index (κ1) is 11.6. The maximum Gasteiger partial charge on any atom is 0.218 e. The van der Waals surface area contributed by atoms with Gasteiger partial charge < -0.3 is 5.32 Å². The van der Waals surface area contributed by atoms with Gasteiger partial charge in [-0.3, -0.25) is 9.79 Å². The molecule has 0 bridgehead atoms. The predicted octanol–water partition coefficient (Wildman–Crippen LogP) is 2.05. The van der Waals surface area contributed by atoms with Crippen molar-refractivity contribution in [3.63, 3.8) is 0 Å². The van der Waals surface area contributed by atoms with Gasteiger partial charge in [0.2, 0.25) is 5.91 Å². The average Bonchev–Trinajstić information content (AvgIpc) is 2.33. The van der Waals surface area contributed by atoms with Gasteiger partial charge in [-0.05, 0) is 18.6 Å². The number of nitrogens with one attached hydrogen (secondary N) is 1. The molecule has 1 aliphatic rings. The summed E-state index contributed by atoms with van der Waals surface area (Å²) in [7, 11) is 0. The number of allylic oxidation sites excluding steroid dienone is 1. The van der Waals surface area contributed by atoms with Crippen LogP contribution < -0.4 is 5.32 Å². The van der Waals surface area contributed by atoms with E-state index in [0.29, 0.717) is 0 Å². The summed E-state index contributed by atoms with van der Waals surface area (Å²) in [5.74, 6) is -0.0652. The van der Waals surface area contributed by atoms with Crippen molar-refractivity contribution in [1.29, 1.82) is 0 Å². The van der Waals surface area contributed by atoms with Gasteiger partial charge in [0.15, 0.2) is 0 Å². The molecule has 3 nitrogen and oxygen atoms in total. The van der Waals surface area contributed by atoms with Crippen molar-refractivity contribution in [2.24, 2.45) is 4.99 Å². The first-order valence-electron chi connectivity index (χ1n) is 5.66. The van der Waals surface area contributed by atoms with E-state index in [-0.39, 0.29) is 17.5 Å². The molecule has 1 N–H and O–H groups in total. The Morgan fingerprint density at radius 2 is 2.06 bits per heavy atom. The van der Waals surface area contributed by atoms with Crippen molar-refractivity contribution in [2.75, 3.05) is 0 Å². The fourth-order valence-corrected chi connectivity index (χ4v) is 2.06. The summed E-state index contributed by atoms with van der Waals surface area (Å²) in [6.45, 7) is 3.59. The molecule has 17 heavy (non-hydrogen) atoms. The van der Waals surface area contributed by atoms with Crippen LogP contribution in [0.5, 0.6) is 0 Å². The molecule has 1 amide bonds. The summed E-state index contributed by atoms with van der Waals surface area (Å²) in [6, 6.07) is 10.1. The van der Waals surface area contributed by atoms with E-state index in [1.807, 2.05) is 24.3 Å². The van der Waals surface area contributed by atoms with Crippen molar-refractivity contribution in [3.05, 3.63) is 48.0 Å². The Bertz CT molecular complexity index is 464. The van der Waals surface area contributed by atoms with Crippen molar-refractivity contribution in [3.8, 4) is 0 Å². The Kier molecular flexibility index (Phi) is 3.09. The van der Waals surface area contributed by atoms with E-state index < -0.39 is 0 Å². The largest absolute Gasteiger partial charge is 0.334 e. The summed E-state index contributed by atoms with van der Waals surface area (Å²) < 4.78 is 0. The highest BCUT2D eigenvalue weighted by molar-refractivity contribution is 5.77. The van der Waals surface area contributed by atoms with Gasteiger partial charge in [0.1, 0.15) is 6.17 Å². The molecule has 0 radical (unpaired) electrons. The van der Waals surface area contributed by atoms with E-state index in [1.54, 1.807) is 6.21 Å². The Balaban J connectivity index is 2.36. The molecule has 3 heteroatoms. The van der Waals surface area contributed by atoms with Crippen LogP contribution in [0.3, 0.4) is 0 Å². The van der Waals surface area contributed by atoms with Crippen LogP contribution in [0.2, 0.25) is 0 Å². The lowest BCUT2D eigenvalue weighted by Gasteiger charge is -2.35. The van der Waals surface area contributed by atoms with E-state index >= 15 is 0 Å². The molecule has 1 aromatic carbocycles. The number of carbonyl (C=O) groups is 1. The molecule has 0 spiro atoms. The highest BCUT2D eigenvalue weighted by Crippen LogP contribution is 2.31. The fraction of sp³-hybridized carbons (Fsp3) is 0.286. The third-order valence-corrected chi connectivity index (χ3v) is 3.07. The van der Waals surface area contributed by atoms with Crippen LogP contribution in [0.4, 0.5) is 0 Å². The molecule has 1 aliphatic heterocycles. The number of hydrogen-bond acceptors (Lipinski definition) is 2. The molecular formula is C14H16N2O. The van der Waals surface area contributed by atoms with Crippen molar-refractivity contribution in [2.45, 2.75) is 25.4 Å². The molecule has 2 rings (SSSR count). The van der Waals surface area contributed by atoms with Crippen LogP contribution in [0.1, 0.15) is 19.4 Å². The Labute approximate surface area is 101 Å². The second kappa shape index (κ2) is 4.53. The minimum atomic E-state index is -0.290. The first-order chi connectivity index (χ1) is 8.13. The topological polar surface area (TPSA) is 41.5 Å². The third-order valence-electron chi connectivity index (χ3n) is 3.07. The minimum Gasteiger partial charge on any atom is -0.334 e. The van der Waals surface area contributed by atoms with Crippen LogP contribution >= 0.6 is 0 Å². The summed E-state index contributed by atoms with van der Waals surface area (Å²) in [5, 5.41) is 2.88. The maximum atomic E-state index is 11.2. The smallest absolute Gasteiger partial charge is 0.218 e. The average molecular weight is 228 g/mol. The zero-order valence-corrected chi connectivity index (χ0v) is 10.1. The number of nitrogens with zero attached hydrogens (tertiary/aromatic N) is 1. The molecule has 1 heterocycles. The highest BCUT2D eigenvalue weighted by Gasteiger charge is 2.34. The molecule has 0 aromatic heterocycles. The number of hydrogen-bond donors (Lipinski definition) is 1. The van der Waals surface area contributed by atoms with Crippen LogP contribution in [-0.2, 0) is 10.2 Å². The summed E-state index contributed by atoms with van der Waals surface area (Å²) >= 11 is 0. The monoisotopic (exact) mass is 228 g/mol. The Hall–Kier alpha value is -1.90. The number of benzene rings is 1. The molecule has 1 aromatic rings. The van der Waals surface area contributed by atoms with Crippen molar-refractivity contribution >= 4 is 12.1 Å². The highest BCUT2D eigenvalue weighted by atomic mass is 16.1. The molecule has 0 aliphatic carbocycles. The summed E-state index contributed by atoms with van der Waals surface area (Å²) in [4.78, 5) is 15.6. The van der Waals surface area contributed by atoms with E-state index in [2.05, 4.69) is 35.4 Å². The normalized spacial score (nSPS) is 26.8. The van der Waals surface area contributed by atoms with Crippen LogP contribution in [0, 0.1) is 0 Å².